The molecule has 0 unspecified atom stereocenters. The second-order valence-corrected chi connectivity index (χ2v) is 6.84. The second-order valence-electron chi connectivity index (χ2n) is 3.92. The van der Waals surface area contributed by atoms with Crippen LogP contribution in [-0.4, -0.2) is 43.5 Å². The molecule has 0 saturated carbocycles. The lowest BCUT2D eigenvalue weighted by atomic mass is 10.4. The van der Waals surface area contributed by atoms with Gasteiger partial charge in [0.15, 0.2) is 0 Å². The molecule has 0 amide bonds. The van der Waals surface area contributed by atoms with Crippen molar-refractivity contribution in [2.45, 2.75) is 6.42 Å². The summed E-state index contributed by atoms with van der Waals surface area (Å²) in [5, 5.41) is 5.77. The summed E-state index contributed by atoms with van der Waals surface area (Å²) in [4.78, 5) is 5.12. The number of aromatic nitrogens is 2. The van der Waals surface area contributed by atoms with Crippen LogP contribution in [-0.2, 0) is 16.6 Å². The number of hydrogen-bond donors (Lipinski definition) is 1. The van der Waals surface area contributed by atoms with E-state index in [0.717, 1.165) is 9.18 Å². The van der Waals surface area contributed by atoms with Crippen LogP contribution in [0.15, 0.2) is 22.0 Å². The summed E-state index contributed by atoms with van der Waals surface area (Å²) < 4.78 is 31.5. The summed E-state index contributed by atoms with van der Waals surface area (Å²) >= 11 is 1.52. The highest BCUT2D eigenvalue weighted by atomic mass is 32.2. The van der Waals surface area contributed by atoms with Gasteiger partial charge in [-0.05, 0) is 11.4 Å². The minimum absolute atomic E-state index is 0.215. The highest BCUT2D eigenvalue weighted by Gasteiger charge is 2.14. The molecule has 2 heterocycles. The van der Waals surface area contributed by atoms with Crippen molar-refractivity contribution in [1.82, 2.24) is 19.2 Å². The first-order chi connectivity index (χ1) is 8.99. The third-order valence-electron chi connectivity index (χ3n) is 2.31. The van der Waals surface area contributed by atoms with Crippen molar-refractivity contribution < 1.29 is 12.9 Å². The summed E-state index contributed by atoms with van der Waals surface area (Å²) in [7, 11) is -0.485. The van der Waals surface area contributed by atoms with Crippen LogP contribution >= 0.6 is 11.3 Å². The zero-order valence-corrected chi connectivity index (χ0v) is 12.2. The normalized spacial score (nSPS) is 12.2. The van der Waals surface area contributed by atoms with Crippen LogP contribution in [0.1, 0.15) is 5.89 Å². The van der Waals surface area contributed by atoms with Crippen LogP contribution in [0.5, 0.6) is 0 Å². The van der Waals surface area contributed by atoms with Gasteiger partial charge in [-0.25, -0.2) is 4.72 Å². The van der Waals surface area contributed by atoms with Gasteiger partial charge in [0.2, 0.25) is 11.7 Å². The van der Waals surface area contributed by atoms with E-state index in [-0.39, 0.29) is 6.54 Å². The fraction of sp³-hybridized carbons (Fsp3) is 0.400. The molecule has 2 aromatic rings. The van der Waals surface area contributed by atoms with E-state index >= 15 is 0 Å². The van der Waals surface area contributed by atoms with Crippen LogP contribution in [0.2, 0.25) is 0 Å². The molecule has 9 heteroatoms. The van der Waals surface area contributed by atoms with E-state index in [4.69, 9.17) is 4.52 Å². The molecule has 2 rings (SSSR count). The zero-order chi connectivity index (χ0) is 13.9. The van der Waals surface area contributed by atoms with Gasteiger partial charge in [0, 0.05) is 27.1 Å². The van der Waals surface area contributed by atoms with Crippen molar-refractivity contribution in [3.8, 4) is 10.7 Å². The van der Waals surface area contributed by atoms with E-state index in [2.05, 4.69) is 14.9 Å². The molecule has 0 aliphatic carbocycles. The minimum Gasteiger partial charge on any atom is -0.339 e. The van der Waals surface area contributed by atoms with Crippen LogP contribution < -0.4 is 4.72 Å². The topological polar surface area (TPSA) is 88.3 Å². The predicted octanol–water partition coefficient (Wildman–Crippen LogP) is 0.737. The summed E-state index contributed by atoms with van der Waals surface area (Å²) in [6, 6.07) is 3.80. The maximum Gasteiger partial charge on any atom is 0.278 e. The number of rotatable bonds is 6. The fourth-order valence-corrected chi connectivity index (χ4v) is 2.55. The molecular weight excluding hydrogens is 288 g/mol. The first-order valence-electron chi connectivity index (χ1n) is 5.52. The maximum absolute atomic E-state index is 11.5. The van der Waals surface area contributed by atoms with Crippen LogP contribution in [0.25, 0.3) is 10.7 Å². The third kappa shape index (κ3) is 3.60. The van der Waals surface area contributed by atoms with E-state index in [1.165, 1.54) is 25.4 Å². The Hall–Kier alpha value is -1.29. The van der Waals surface area contributed by atoms with E-state index in [1.807, 2.05) is 17.5 Å². The highest BCUT2D eigenvalue weighted by Crippen LogP contribution is 2.21. The minimum atomic E-state index is -3.41. The molecule has 0 aliphatic rings. The molecule has 0 spiro atoms. The number of nitrogens with zero attached hydrogens (tertiary/aromatic N) is 3. The molecule has 0 aliphatic heterocycles. The van der Waals surface area contributed by atoms with Crippen LogP contribution in [0.4, 0.5) is 0 Å². The van der Waals surface area contributed by atoms with Gasteiger partial charge >= 0.3 is 0 Å². The Labute approximate surface area is 115 Å². The molecule has 0 atom stereocenters. The number of hydrogen-bond acceptors (Lipinski definition) is 6. The van der Waals surface area contributed by atoms with Gasteiger partial charge in [0.25, 0.3) is 10.2 Å². The Balaban J connectivity index is 1.91. The SMILES string of the molecule is CN(C)S(=O)(=O)NCCc1nc(-c2cccs2)no1. The van der Waals surface area contributed by atoms with E-state index in [0.29, 0.717) is 18.1 Å². The van der Waals surface area contributed by atoms with Crippen molar-refractivity contribution >= 4 is 21.5 Å². The van der Waals surface area contributed by atoms with E-state index in [9.17, 15) is 8.42 Å². The fourth-order valence-electron chi connectivity index (χ4n) is 1.28. The quantitative estimate of drug-likeness (QED) is 0.850. The molecular formula is C10H14N4O3S2. The third-order valence-corrected chi connectivity index (χ3v) is 4.71. The van der Waals surface area contributed by atoms with E-state index < -0.39 is 10.2 Å². The predicted molar refractivity (Wildman–Crippen MR) is 71.9 cm³/mol. The maximum atomic E-state index is 11.5. The molecule has 0 saturated heterocycles. The molecule has 1 N–H and O–H groups in total. The van der Waals surface area contributed by atoms with Gasteiger partial charge in [0.05, 0.1) is 4.88 Å². The lowest BCUT2D eigenvalue weighted by Crippen LogP contribution is -2.36. The smallest absolute Gasteiger partial charge is 0.278 e. The van der Waals surface area contributed by atoms with Gasteiger partial charge < -0.3 is 4.52 Å². The Bertz CT molecular complexity index is 619. The molecule has 7 nitrogen and oxygen atoms in total. The lowest BCUT2D eigenvalue weighted by Gasteiger charge is -2.11. The van der Waals surface area contributed by atoms with Gasteiger partial charge in [0.1, 0.15) is 0 Å². The van der Waals surface area contributed by atoms with Gasteiger partial charge in [-0.3, -0.25) is 0 Å². The second kappa shape index (κ2) is 5.78. The van der Waals surface area contributed by atoms with Crippen molar-refractivity contribution in [2.75, 3.05) is 20.6 Å². The Morgan fingerprint density at radius 1 is 1.47 bits per heavy atom. The Morgan fingerprint density at radius 2 is 2.26 bits per heavy atom. The summed E-state index contributed by atoms with van der Waals surface area (Å²) in [6.07, 6.45) is 0.353. The lowest BCUT2D eigenvalue weighted by molar-refractivity contribution is 0.378. The molecule has 0 aromatic carbocycles. The van der Waals surface area contributed by atoms with Gasteiger partial charge in [-0.1, -0.05) is 11.2 Å². The van der Waals surface area contributed by atoms with Crippen LogP contribution in [0, 0.1) is 0 Å². The molecule has 0 fully saturated rings. The van der Waals surface area contributed by atoms with E-state index in [1.54, 1.807) is 0 Å². The average Bonchev–Trinajstić information content (AvgIpc) is 2.98. The highest BCUT2D eigenvalue weighted by molar-refractivity contribution is 7.87. The summed E-state index contributed by atoms with van der Waals surface area (Å²) in [6.45, 7) is 0.215. The van der Waals surface area contributed by atoms with Crippen molar-refractivity contribution in [3.63, 3.8) is 0 Å². The summed E-state index contributed by atoms with van der Waals surface area (Å²) in [5.74, 6) is 0.935. The first-order valence-corrected chi connectivity index (χ1v) is 7.84. The number of nitrogens with one attached hydrogen (secondary N) is 1. The van der Waals surface area contributed by atoms with Crippen molar-refractivity contribution in [3.05, 3.63) is 23.4 Å². The molecule has 2 aromatic heterocycles. The molecule has 0 radical (unpaired) electrons. The average molecular weight is 302 g/mol. The number of thiophene rings is 1. The Morgan fingerprint density at radius 3 is 2.89 bits per heavy atom. The largest absolute Gasteiger partial charge is 0.339 e. The summed E-state index contributed by atoms with van der Waals surface area (Å²) in [5.41, 5.74) is 0. The molecule has 0 bridgehead atoms. The standard InChI is InChI=1S/C10H14N4O3S2/c1-14(2)19(15,16)11-6-5-9-12-10(13-17-9)8-4-3-7-18-8/h3-4,7,11H,5-6H2,1-2H3. The van der Waals surface area contributed by atoms with Gasteiger partial charge in [-0.15, -0.1) is 11.3 Å². The molecule has 104 valence electrons. The first kappa shape index (κ1) is 14.1. The van der Waals surface area contributed by atoms with Crippen LogP contribution in [0.3, 0.4) is 0 Å². The monoisotopic (exact) mass is 302 g/mol. The van der Waals surface area contributed by atoms with Gasteiger partial charge in [-0.2, -0.15) is 17.7 Å². The van der Waals surface area contributed by atoms with Crippen molar-refractivity contribution in [1.29, 1.82) is 0 Å². The Kier molecular flexibility index (Phi) is 4.30. The zero-order valence-electron chi connectivity index (χ0n) is 10.5. The molecule has 19 heavy (non-hydrogen) atoms. The van der Waals surface area contributed by atoms with Crippen molar-refractivity contribution in [2.24, 2.45) is 0 Å².